The zero-order chi connectivity index (χ0) is 23.7. The Morgan fingerprint density at radius 1 is 0.727 bits per heavy atom. The Kier molecular flexibility index (Phi) is 6.41. The van der Waals surface area contributed by atoms with Crippen molar-refractivity contribution >= 4 is 0 Å². The van der Waals surface area contributed by atoms with Gasteiger partial charge >= 0.3 is 6.18 Å². The number of hydrogen-bond acceptors (Lipinski definition) is 1. The number of nitrogens with zero attached hydrogens (tertiary/aromatic N) is 1. The van der Waals surface area contributed by atoms with Crippen LogP contribution in [0.25, 0.3) is 0 Å². The molecule has 0 bridgehead atoms. The Balaban J connectivity index is 1.75. The summed E-state index contributed by atoms with van der Waals surface area (Å²) in [4.78, 5) is 2.33. The highest BCUT2D eigenvalue weighted by molar-refractivity contribution is 5.38. The Hall–Kier alpha value is -2.59. The van der Waals surface area contributed by atoms with Crippen LogP contribution < -0.4 is 0 Å². The van der Waals surface area contributed by atoms with E-state index >= 15 is 0 Å². The second-order valence-electron chi connectivity index (χ2n) is 9.66. The first-order valence-electron chi connectivity index (χ1n) is 11.6. The van der Waals surface area contributed by atoms with Crippen molar-refractivity contribution in [1.29, 1.82) is 0 Å². The molecule has 0 aromatic heterocycles. The van der Waals surface area contributed by atoms with Crippen molar-refractivity contribution in [2.75, 3.05) is 14.1 Å². The minimum Gasteiger partial charge on any atom is -0.300 e. The van der Waals surface area contributed by atoms with Crippen LogP contribution in [0.3, 0.4) is 0 Å². The predicted molar refractivity (Wildman–Crippen MR) is 128 cm³/mol. The lowest BCUT2D eigenvalue weighted by Gasteiger charge is -2.52. The van der Waals surface area contributed by atoms with Gasteiger partial charge in [-0.2, -0.15) is 13.2 Å². The Labute approximate surface area is 195 Å². The number of halogens is 3. The summed E-state index contributed by atoms with van der Waals surface area (Å²) in [5.74, 6) is -0.0434. The average molecular weight is 452 g/mol. The smallest absolute Gasteiger partial charge is 0.300 e. The van der Waals surface area contributed by atoms with E-state index in [4.69, 9.17) is 0 Å². The Morgan fingerprint density at radius 2 is 1.27 bits per heavy atom. The van der Waals surface area contributed by atoms with Gasteiger partial charge in [0.1, 0.15) is 0 Å². The van der Waals surface area contributed by atoms with Crippen LogP contribution in [0, 0.1) is 0 Å². The van der Waals surface area contributed by atoms with Crippen molar-refractivity contribution in [1.82, 2.24) is 4.90 Å². The van der Waals surface area contributed by atoms with Gasteiger partial charge in [0.05, 0.1) is 5.56 Å². The number of hydrogen-bond donors (Lipinski definition) is 0. The molecule has 33 heavy (non-hydrogen) atoms. The molecule has 3 aromatic rings. The summed E-state index contributed by atoms with van der Waals surface area (Å²) in [7, 11) is 4.28. The molecule has 0 saturated heterocycles. The van der Waals surface area contributed by atoms with Crippen LogP contribution in [0.2, 0.25) is 0 Å². The molecule has 1 aliphatic carbocycles. The van der Waals surface area contributed by atoms with E-state index in [1.807, 2.05) is 30.3 Å². The van der Waals surface area contributed by atoms with Crippen LogP contribution >= 0.6 is 0 Å². The molecule has 0 spiro atoms. The molecule has 1 nitrogen and oxygen atoms in total. The monoisotopic (exact) mass is 451 g/mol. The molecule has 1 unspecified atom stereocenters. The molecule has 0 amide bonds. The highest BCUT2D eigenvalue weighted by atomic mass is 19.4. The highest BCUT2D eigenvalue weighted by Crippen LogP contribution is 2.55. The van der Waals surface area contributed by atoms with Gasteiger partial charge in [-0.3, -0.25) is 4.90 Å². The third kappa shape index (κ3) is 4.33. The molecule has 3 aromatic carbocycles. The average Bonchev–Trinajstić information content (AvgIpc) is 2.84. The van der Waals surface area contributed by atoms with Crippen molar-refractivity contribution in [3.05, 3.63) is 107 Å². The van der Waals surface area contributed by atoms with Crippen molar-refractivity contribution in [3.8, 4) is 0 Å². The molecule has 0 N–H and O–H groups in total. The van der Waals surface area contributed by atoms with Crippen LogP contribution in [-0.4, -0.2) is 19.0 Å². The molecule has 4 heteroatoms. The fourth-order valence-electron chi connectivity index (χ4n) is 5.90. The fourth-order valence-corrected chi connectivity index (χ4v) is 5.90. The van der Waals surface area contributed by atoms with Crippen molar-refractivity contribution < 1.29 is 13.2 Å². The fraction of sp³-hybridized carbons (Fsp3) is 0.379. The summed E-state index contributed by atoms with van der Waals surface area (Å²) in [5, 5.41) is 0. The van der Waals surface area contributed by atoms with Crippen molar-refractivity contribution in [2.24, 2.45) is 0 Å². The maximum Gasteiger partial charge on any atom is 0.416 e. The number of benzene rings is 3. The second-order valence-corrected chi connectivity index (χ2v) is 9.66. The third-order valence-electron chi connectivity index (χ3n) is 8.03. The Bertz CT molecular complexity index is 1050. The van der Waals surface area contributed by atoms with Crippen LogP contribution in [0.1, 0.15) is 60.8 Å². The predicted octanol–water partition coefficient (Wildman–Crippen LogP) is 7.78. The molecule has 1 fully saturated rings. The van der Waals surface area contributed by atoms with Gasteiger partial charge in [0, 0.05) is 11.0 Å². The van der Waals surface area contributed by atoms with Gasteiger partial charge < -0.3 is 0 Å². The summed E-state index contributed by atoms with van der Waals surface area (Å²) in [5.41, 5.74) is 2.41. The van der Waals surface area contributed by atoms with E-state index in [9.17, 15) is 13.2 Å². The van der Waals surface area contributed by atoms with Crippen molar-refractivity contribution in [3.63, 3.8) is 0 Å². The second kappa shape index (κ2) is 8.98. The minimum absolute atomic E-state index is 0.0434. The zero-order valence-electron chi connectivity index (χ0n) is 19.6. The van der Waals surface area contributed by atoms with E-state index in [0.29, 0.717) is 0 Å². The first kappa shape index (κ1) is 23.6. The minimum atomic E-state index is -4.34. The van der Waals surface area contributed by atoms with Crippen LogP contribution in [0.4, 0.5) is 13.2 Å². The third-order valence-corrected chi connectivity index (χ3v) is 8.03. The van der Waals surface area contributed by atoms with E-state index in [0.717, 1.165) is 31.2 Å². The standard InChI is InChI=1S/C29H32F3N/c1-22(23-11-10-16-26(21-23)29(30,31)32)27(24-12-6-4-7-13-24)17-19-28(20-18-27,33(2)3)25-14-8-5-9-15-25/h4-16,21-22H,17-20H2,1-3H3. The highest BCUT2D eigenvalue weighted by Gasteiger charge is 2.48. The normalized spacial score (nSPS) is 24.6. The zero-order valence-corrected chi connectivity index (χ0v) is 19.6. The molecule has 174 valence electrons. The van der Waals surface area contributed by atoms with Gasteiger partial charge in [-0.05, 0) is 68.5 Å². The summed E-state index contributed by atoms with van der Waals surface area (Å²) in [6, 6.07) is 26.9. The Morgan fingerprint density at radius 3 is 1.79 bits per heavy atom. The molecule has 0 radical (unpaired) electrons. The summed E-state index contributed by atoms with van der Waals surface area (Å²) in [6.45, 7) is 2.10. The SMILES string of the molecule is CC(c1cccc(C(F)(F)F)c1)C1(c2ccccc2)CCC(c2ccccc2)(N(C)C)CC1. The molecular weight excluding hydrogens is 419 g/mol. The molecular formula is C29H32F3N. The molecule has 1 atom stereocenters. The quantitative estimate of drug-likeness (QED) is 0.383. The summed E-state index contributed by atoms with van der Waals surface area (Å²) in [6.07, 6.45) is -0.636. The molecule has 4 rings (SSSR count). The van der Waals surface area contributed by atoms with Gasteiger partial charge in [0.2, 0.25) is 0 Å². The van der Waals surface area contributed by atoms with Crippen LogP contribution in [0.5, 0.6) is 0 Å². The maximum absolute atomic E-state index is 13.5. The lowest BCUT2D eigenvalue weighted by Crippen LogP contribution is -2.49. The van der Waals surface area contributed by atoms with E-state index < -0.39 is 11.7 Å². The van der Waals surface area contributed by atoms with Crippen LogP contribution in [0.15, 0.2) is 84.9 Å². The van der Waals surface area contributed by atoms with E-state index in [1.54, 1.807) is 6.07 Å². The van der Waals surface area contributed by atoms with E-state index in [2.05, 4.69) is 62.3 Å². The summed E-state index contributed by atoms with van der Waals surface area (Å²) < 4.78 is 40.4. The van der Waals surface area contributed by atoms with Crippen molar-refractivity contribution in [2.45, 2.75) is 55.7 Å². The van der Waals surface area contributed by atoms with Gasteiger partial charge in [-0.15, -0.1) is 0 Å². The van der Waals surface area contributed by atoms with Crippen LogP contribution in [-0.2, 0) is 17.1 Å². The van der Waals surface area contributed by atoms with E-state index in [1.165, 1.54) is 23.3 Å². The first-order chi connectivity index (χ1) is 15.7. The number of rotatable bonds is 5. The van der Waals surface area contributed by atoms with Gasteiger partial charge in [0.15, 0.2) is 0 Å². The van der Waals surface area contributed by atoms with Gasteiger partial charge in [-0.1, -0.05) is 85.8 Å². The topological polar surface area (TPSA) is 3.24 Å². The first-order valence-corrected chi connectivity index (χ1v) is 11.6. The lowest BCUT2D eigenvalue weighted by atomic mass is 9.56. The van der Waals surface area contributed by atoms with E-state index in [-0.39, 0.29) is 16.9 Å². The number of alkyl halides is 3. The lowest BCUT2D eigenvalue weighted by molar-refractivity contribution is -0.137. The molecule has 1 aliphatic rings. The largest absolute Gasteiger partial charge is 0.416 e. The molecule has 1 saturated carbocycles. The molecule has 0 aliphatic heterocycles. The van der Waals surface area contributed by atoms with Gasteiger partial charge in [0.25, 0.3) is 0 Å². The maximum atomic E-state index is 13.5. The summed E-state index contributed by atoms with van der Waals surface area (Å²) >= 11 is 0. The molecule has 0 heterocycles. The van der Waals surface area contributed by atoms with Gasteiger partial charge in [-0.25, -0.2) is 0 Å².